The van der Waals surface area contributed by atoms with Gasteiger partial charge in [0.25, 0.3) is 0 Å². The van der Waals surface area contributed by atoms with Gasteiger partial charge in [-0.2, -0.15) is 0 Å². The molecule has 0 spiro atoms. The predicted molar refractivity (Wildman–Crippen MR) is 78.7 cm³/mol. The smallest absolute Gasteiger partial charge is 0.178 e. The minimum absolute atomic E-state index is 0.0321. The Morgan fingerprint density at radius 3 is 2.81 bits per heavy atom. The van der Waals surface area contributed by atoms with Crippen LogP contribution in [0.1, 0.15) is 18.0 Å². The van der Waals surface area contributed by atoms with Crippen LogP contribution in [0.15, 0.2) is 41.4 Å². The van der Waals surface area contributed by atoms with Gasteiger partial charge in [-0.15, -0.1) is 0 Å². The van der Waals surface area contributed by atoms with E-state index in [2.05, 4.69) is 10.3 Å². The highest BCUT2D eigenvalue weighted by molar-refractivity contribution is 7.91. The molecule has 0 amide bonds. The molecule has 7 heteroatoms. The Morgan fingerprint density at radius 1 is 1.29 bits per heavy atom. The second-order valence-electron chi connectivity index (χ2n) is 4.86. The minimum atomic E-state index is -3.33. The van der Waals surface area contributed by atoms with E-state index in [9.17, 15) is 12.8 Å². The van der Waals surface area contributed by atoms with Crippen molar-refractivity contribution in [1.29, 1.82) is 0 Å². The van der Waals surface area contributed by atoms with Crippen LogP contribution < -0.4 is 5.32 Å². The van der Waals surface area contributed by atoms with Crippen molar-refractivity contribution in [2.45, 2.75) is 17.4 Å². The monoisotopic (exact) mass is 326 g/mol. The molecule has 1 unspecified atom stereocenters. The summed E-state index contributed by atoms with van der Waals surface area (Å²) in [6.07, 6.45) is 1.94. The van der Waals surface area contributed by atoms with E-state index in [1.165, 1.54) is 18.2 Å². The molecule has 4 nitrogen and oxygen atoms in total. The molecular weight excluding hydrogens is 315 g/mol. The number of benzene rings is 1. The molecule has 0 aliphatic carbocycles. The van der Waals surface area contributed by atoms with E-state index in [0.717, 1.165) is 0 Å². The number of nitrogens with one attached hydrogen (secondary N) is 1. The first-order chi connectivity index (χ1) is 9.95. The average Bonchev–Trinajstić information content (AvgIpc) is 2.44. The van der Waals surface area contributed by atoms with Gasteiger partial charge in [0.05, 0.1) is 28.6 Å². The predicted octanol–water partition coefficient (Wildman–Crippen LogP) is 3.20. The fourth-order valence-corrected chi connectivity index (χ4v) is 4.14. The van der Waals surface area contributed by atoms with Crippen molar-refractivity contribution in [2.75, 3.05) is 11.1 Å². The van der Waals surface area contributed by atoms with Crippen molar-refractivity contribution in [2.24, 2.45) is 0 Å². The van der Waals surface area contributed by atoms with Gasteiger partial charge in [-0.3, -0.25) is 0 Å². The summed E-state index contributed by atoms with van der Waals surface area (Å²) in [5.74, 6) is -0.420. The normalized spacial score (nSPS) is 19.8. The third-order valence-electron chi connectivity index (χ3n) is 3.43. The Labute approximate surface area is 126 Å². The van der Waals surface area contributed by atoms with Gasteiger partial charge in [-0.05, 0) is 42.3 Å². The van der Waals surface area contributed by atoms with E-state index >= 15 is 0 Å². The molecule has 2 heterocycles. The number of aromatic nitrogens is 1. The summed E-state index contributed by atoms with van der Waals surface area (Å²) in [4.78, 5) is 4.15. The summed E-state index contributed by atoms with van der Waals surface area (Å²) in [7, 11) is -3.33. The molecule has 1 aliphatic rings. The lowest BCUT2D eigenvalue weighted by molar-refractivity contribution is 0.570. The van der Waals surface area contributed by atoms with Crippen LogP contribution >= 0.6 is 11.6 Å². The first kappa shape index (κ1) is 14.3. The van der Waals surface area contributed by atoms with E-state index in [1.54, 1.807) is 18.3 Å². The summed E-state index contributed by atoms with van der Waals surface area (Å²) >= 11 is 5.73. The maximum Gasteiger partial charge on any atom is 0.178 e. The summed E-state index contributed by atoms with van der Waals surface area (Å²) in [6, 6.07) is 6.87. The molecule has 1 aliphatic heterocycles. The molecule has 0 radical (unpaired) electrons. The van der Waals surface area contributed by atoms with E-state index in [4.69, 9.17) is 11.6 Å². The number of nitrogens with zero attached hydrogens (tertiary/aromatic N) is 1. The van der Waals surface area contributed by atoms with Crippen LogP contribution in [0, 0.1) is 5.82 Å². The van der Waals surface area contributed by atoms with Crippen LogP contribution in [0.3, 0.4) is 0 Å². The van der Waals surface area contributed by atoms with Gasteiger partial charge in [-0.1, -0.05) is 11.6 Å². The Bertz CT molecular complexity index is 778. The van der Waals surface area contributed by atoms with Crippen molar-refractivity contribution in [1.82, 2.24) is 4.98 Å². The first-order valence-electron chi connectivity index (χ1n) is 6.36. The summed E-state index contributed by atoms with van der Waals surface area (Å²) in [6.45, 7) is 0. The minimum Gasteiger partial charge on any atom is -0.377 e. The second kappa shape index (κ2) is 5.27. The summed E-state index contributed by atoms with van der Waals surface area (Å²) in [5, 5.41) is 3.55. The van der Waals surface area contributed by atoms with Gasteiger partial charge in [0, 0.05) is 0 Å². The van der Waals surface area contributed by atoms with Crippen molar-refractivity contribution in [3.05, 3.63) is 53.1 Å². The zero-order valence-electron chi connectivity index (χ0n) is 10.9. The highest BCUT2D eigenvalue weighted by Crippen LogP contribution is 2.34. The highest BCUT2D eigenvalue weighted by atomic mass is 35.5. The summed E-state index contributed by atoms with van der Waals surface area (Å²) in [5.41, 5.74) is 1.16. The number of halogens is 2. The average molecular weight is 327 g/mol. The van der Waals surface area contributed by atoms with Gasteiger partial charge >= 0.3 is 0 Å². The fourth-order valence-electron chi connectivity index (χ4n) is 2.43. The third-order valence-corrected chi connectivity index (χ3v) is 5.46. The lowest BCUT2D eigenvalue weighted by Crippen LogP contribution is -2.24. The van der Waals surface area contributed by atoms with Gasteiger partial charge in [-0.25, -0.2) is 17.8 Å². The zero-order chi connectivity index (χ0) is 15.0. The van der Waals surface area contributed by atoms with Gasteiger partial charge in [0.2, 0.25) is 0 Å². The number of sulfone groups is 1. The van der Waals surface area contributed by atoms with Crippen LogP contribution in [-0.2, 0) is 9.84 Å². The van der Waals surface area contributed by atoms with Crippen LogP contribution in [0.2, 0.25) is 5.15 Å². The van der Waals surface area contributed by atoms with E-state index in [1.807, 2.05) is 0 Å². The lowest BCUT2D eigenvalue weighted by atomic mass is 10.0. The van der Waals surface area contributed by atoms with Gasteiger partial charge < -0.3 is 5.32 Å². The van der Waals surface area contributed by atoms with Crippen molar-refractivity contribution < 1.29 is 12.8 Å². The highest BCUT2D eigenvalue weighted by Gasteiger charge is 2.30. The number of hydrogen-bond donors (Lipinski definition) is 1. The third kappa shape index (κ3) is 2.87. The lowest BCUT2D eigenvalue weighted by Gasteiger charge is -2.27. The second-order valence-corrected chi connectivity index (χ2v) is 7.32. The van der Waals surface area contributed by atoms with Crippen molar-refractivity contribution >= 4 is 27.1 Å². The zero-order valence-corrected chi connectivity index (χ0v) is 12.5. The van der Waals surface area contributed by atoms with Crippen molar-refractivity contribution in [3.8, 4) is 0 Å². The molecule has 1 N–H and O–H groups in total. The summed E-state index contributed by atoms with van der Waals surface area (Å²) < 4.78 is 37.6. The first-order valence-corrected chi connectivity index (χ1v) is 8.39. The topological polar surface area (TPSA) is 59.1 Å². The number of rotatable bonds is 2. The molecule has 0 bridgehead atoms. The van der Waals surface area contributed by atoms with E-state index in [0.29, 0.717) is 22.8 Å². The quantitative estimate of drug-likeness (QED) is 0.680. The molecule has 0 saturated heterocycles. The van der Waals surface area contributed by atoms with Crippen LogP contribution in [0.5, 0.6) is 0 Å². The molecule has 1 aromatic carbocycles. The Kier molecular flexibility index (Phi) is 3.59. The van der Waals surface area contributed by atoms with Crippen molar-refractivity contribution in [3.63, 3.8) is 0 Å². The number of anilines is 1. The molecule has 1 atom stereocenters. The van der Waals surface area contributed by atoms with Gasteiger partial charge in [0.1, 0.15) is 11.0 Å². The van der Waals surface area contributed by atoms with Gasteiger partial charge in [0.15, 0.2) is 9.84 Å². The Morgan fingerprint density at radius 2 is 2.10 bits per heavy atom. The van der Waals surface area contributed by atoms with E-state index < -0.39 is 15.7 Å². The van der Waals surface area contributed by atoms with Crippen LogP contribution in [-0.4, -0.2) is 19.2 Å². The Balaban J connectivity index is 1.98. The van der Waals surface area contributed by atoms with E-state index in [-0.39, 0.29) is 16.7 Å². The number of fused-ring (bicyclic) bond motifs is 1. The standard InChI is InChI=1S/C14H12ClFN2O2S/c15-14-4-2-10(8-17-14)18-12-5-6-21(19,20)13-3-1-9(16)7-11(12)13/h1-4,7-8,12,18H,5-6H2. The molecule has 1 aromatic heterocycles. The molecule has 110 valence electrons. The SMILES string of the molecule is O=S1(=O)CCC(Nc2ccc(Cl)nc2)c2cc(F)ccc21. The largest absolute Gasteiger partial charge is 0.377 e. The molecule has 21 heavy (non-hydrogen) atoms. The maximum atomic E-state index is 13.5. The maximum absolute atomic E-state index is 13.5. The molecule has 0 fully saturated rings. The molecular formula is C14H12ClFN2O2S. The molecule has 3 rings (SSSR count). The number of hydrogen-bond acceptors (Lipinski definition) is 4. The molecule has 2 aromatic rings. The molecule has 0 saturated carbocycles. The van der Waals surface area contributed by atoms with Crippen LogP contribution in [0.25, 0.3) is 0 Å². The Hall–Kier alpha value is -1.66. The van der Waals surface area contributed by atoms with Crippen LogP contribution in [0.4, 0.5) is 10.1 Å². The fraction of sp³-hybridized carbons (Fsp3) is 0.214. The number of pyridine rings is 1.